The largest absolute Gasteiger partial charge is 0.377 e. The number of hydrogen-bond acceptors (Lipinski definition) is 4. The molecule has 0 bridgehead atoms. The van der Waals surface area contributed by atoms with Gasteiger partial charge < -0.3 is 9.64 Å². The minimum Gasteiger partial charge on any atom is -0.377 e. The van der Waals surface area contributed by atoms with Crippen LogP contribution in [0.5, 0.6) is 0 Å². The van der Waals surface area contributed by atoms with E-state index in [0.717, 1.165) is 5.56 Å². The maximum atomic E-state index is 12.3. The summed E-state index contributed by atoms with van der Waals surface area (Å²) in [6.45, 7) is 3.53. The molecule has 0 aromatic heterocycles. The lowest BCUT2D eigenvalue weighted by atomic mass is 10.2. The highest BCUT2D eigenvalue weighted by Crippen LogP contribution is 2.18. The Morgan fingerprint density at radius 3 is 2.65 bits per heavy atom. The van der Waals surface area contributed by atoms with Gasteiger partial charge in [-0.2, -0.15) is 0 Å². The number of hydrogen-bond donors (Lipinski definition) is 0. The number of ether oxygens (including phenoxy) is 1. The first-order valence-corrected chi connectivity index (χ1v) is 9.95. The fourth-order valence-electron chi connectivity index (χ4n) is 2.89. The Labute approximate surface area is 138 Å². The molecule has 2 rings (SSSR count). The molecule has 0 saturated carbocycles. The molecule has 23 heavy (non-hydrogen) atoms. The van der Waals surface area contributed by atoms with Crippen LogP contribution < -0.4 is 0 Å². The van der Waals surface area contributed by atoms with Crippen LogP contribution in [0.15, 0.2) is 30.3 Å². The van der Waals surface area contributed by atoms with Gasteiger partial charge in [-0.05, 0) is 25.3 Å². The van der Waals surface area contributed by atoms with Crippen molar-refractivity contribution in [1.82, 2.24) is 4.90 Å². The van der Waals surface area contributed by atoms with E-state index in [2.05, 4.69) is 0 Å². The van der Waals surface area contributed by atoms with Gasteiger partial charge in [0.25, 0.3) is 0 Å². The highest BCUT2D eigenvalue weighted by atomic mass is 32.2. The number of benzene rings is 1. The molecular weight excluding hydrogens is 314 g/mol. The number of nitrogens with zero attached hydrogens (tertiary/aromatic N) is 1. The maximum Gasteiger partial charge on any atom is 0.222 e. The fraction of sp³-hybridized carbons (Fsp3) is 0.588. The Bertz CT molecular complexity index is 600. The Balaban J connectivity index is 1.69. The van der Waals surface area contributed by atoms with E-state index in [0.29, 0.717) is 39.0 Å². The summed E-state index contributed by atoms with van der Waals surface area (Å²) in [6.07, 6.45) is 1.62. The van der Waals surface area contributed by atoms with Gasteiger partial charge in [0.05, 0.1) is 18.1 Å². The number of carbonyl (C=O) groups is 1. The molecule has 5 nitrogen and oxygen atoms in total. The molecule has 1 aromatic rings. The van der Waals surface area contributed by atoms with E-state index in [-0.39, 0.29) is 23.5 Å². The van der Waals surface area contributed by atoms with Gasteiger partial charge in [-0.1, -0.05) is 30.3 Å². The molecule has 0 aliphatic carbocycles. The zero-order valence-corrected chi connectivity index (χ0v) is 14.4. The molecule has 0 unspecified atom stereocenters. The molecule has 1 aliphatic rings. The van der Waals surface area contributed by atoms with Crippen LogP contribution in [0.1, 0.15) is 31.7 Å². The van der Waals surface area contributed by atoms with E-state index in [1.165, 1.54) is 0 Å². The molecule has 1 aromatic carbocycles. The van der Waals surface area contributed by atoms with Gasteiger partial charge in [0.15, 0.2) is 9.84 Å². The maximum absolute atomic E-state index is 12.3. The molecule has 1 aliphatic heterocycles. The molecule has 1 amide bonds. The van der Waals surface area contributed by atoms with Crippen LogP contribution in [-0.2, 0) is 26.0 Å². The molecule has 0 radical (unpaired) electrons. The van der Waals surface area contributed by atoms with Gasteiger partial charge in [0.2, 0.25) is 5.91 Å². The number of amides is 1. The average molecular weight is 339 g/mol. The van der Waals surface area contributed by atoms with Gasteiger partial charge in [0, 0.05) is 25.6 Å². The van der Waals surface area contributed by atoms with Gasteiger partial charge >= 0.3 is 0 Å². The number of carbonyl (C=O) groups excluding carboxylic acids is 1. The van der Waals surface area contributed by atoms with Gasteiger partial charge in [0.1, 0.15) is 0 Å². The zero-order chi connectivity index (χ0) is 16.7. The molecule has 0 N–H and O–H groups in total. The van der Waals surface area contributed by atoms with Crippen LogP contribution in [0, 0.1) is 0 Å². The van der Waals surface area contributed by atoms with Gasteiger partial charge in [-0.25, -0.2) is 8.42 Å². The summed E-state index contributed by atoms with van der Waals surface area (Å²) in [6, 6.07) is 9.76. The van der Waals surface area contributed by atoms with Crippen LogP contribution in [-0.4, -0.2) is 49.9 Å². The van der Waals surface area contributed by atoms with Crippen LogP contribution in [0.25, 0.3) is 0 Å². The lowest BCUT2D eigenvalue weighted by Crippen LogP contribution is -2.40. The summed E-state index contributed by atoms with van der Waals surface area (Å²) in [5.74, 6) is 0.330. The third-order valence-electron chi connectivity index (χ3n) is 4.10. The normalized spacial score (nSPS) is 19.6. The topological polar surface area (TPSA) is 63.7 Å². The quantitative estimate of drug-likeness (QED) is 0.680. The van der Waals surface area contributed by atoms with E-state index in [9.17, 15) is 13.2 Å². The van der Waals surface area contributed by atoms with Crippen molar-refractivity contribution in [2.75, 3.05) is 24.7 Å². The SMILES string of the molecule is CCN(C(=O)CCCOCc1ccccc1)[C@@H]1CCS(=O)(=O)C1. The van der Waals surface area contributed by atoms with Crippen LogP contribution in [0.3, 0.4) is 0 Å². The Hall–Kier alpha value is -1.40. The first kappa shape index (κ1) is 17.9. The molecule has 0 spiro atoms. The molecule has 1 heterocycles. The van der Waals surface area contributed by atoms with E-state index in [4.69, 9.17) is 4.74 Å². The molecule has 1 saturated heterocycles. The van der Waals surface area contributed by atoms with E-state index in [1.54, 1.807) is 4.90 Å². The Morgan fingerprint density at radius 2 is 2.04 bits per heavy atom. The predicted octanol–water partition coefficient (Wildman–Crippen LogP) is 2.02. The van der Waals surface area contributed by atoms with Crippen molar-refractivity contribution in [1.29, 1.82) is 0 Å². The van der Waals surface area contributed by atoms with E-state index < -0.39 is 9.84 Å². The Morgan fingerprint density at radius 1 is 1.30 bits per heavy atom. The van der Waals surface area contributed by atoms with Crippen molar-refractivity contribution in [3.05, 3.63) is 35.9 Å². The highest BCUT2D eigenvalue weighted by molar-refractivity contribution is 7.91. The molecule has 1 atom stereocenters. The summed E-state index contributed by atoms with van der Waals surface area (Å²) < 4.78 is 28.7. The smallest absolute Gasteiger partial charge is 0.222 e. The van der Waals surface area contributed by atoms with Crippen LogP contribution >= 0.6 is 0 Å². The third-order valence-corrected chi connectivity index (χ3v) is 5.85. The first-order chi connectivity index (χ1) is 11.0. The molecular formula is C17H25NO4S. The first-order valence-electron chi connectivity index (χ1n) is 8.13. The van der Waals surface area contributed by atoms with Gasteiger partial charge in [-0.3, -0.25) is 4.79 Å². The lowest BCUT2D eigenvalue weighted by Gasteiger charge is -2.26. The second-order valence-corrected chi connectivity index (χ2v) is 8.11. The highest BCUT2D eigenvalue weighted by Gasteiger charge is 2.33. The number of sulfone groups is 1. The average Bonchev–Trinajstić information content (AvgIpc) is 2.88. The third kappa shape index (κ3) is 5.62. The second kappa shape index (κ2) is 8.45. The van der Waals surface area contributed by atoms with Crippen molar-refractivity contribution in [2.45, 2.75) is 38.8 Å². The van der Waals surface area contributed by atoms with Crippen molar-refractivity contribution < 1.29 is 17.9 Å². The minimum absolute atomic E-state index is 0.0258. The summed E-state index contributed by atoms with van der Waals surface area (Å²) in [5, 5.41) is 0. The molecule has 1 fully saturated rings. The zero-order valence-electron chi connectivity index (χ0n) is 13.6. The van der Waals surface area contributed by atoms with Crippen LogP contribution in [0.2, 0.25) is 0 Å². The standard InChI is InChI=1S/C17H25NO4S/c1-2-18(16-10-12-23(20,21)14-16)17(19)9-6-11-22-13-15-7-4-3-5-8-15/h3-5,7-8,16H,2,6,9-14H2,1H3/t16-/m1/s1. The van der Waals surface area contributed by atoms with E-state index in [1.807, 2.05) is 37.3 Å². The molecule has 6 heteroatoms. The fourth-order valence-corrected chi connectivity index (χ4v) is 4.62. The Kier molecular flexibility index (Phi) is 6.59. The number of rotatable bonds is 8. The summed E-state index contributed by atoms with van der Waals surface area (Å²) in [4.78, 5) is 14.0. The van der Waals surface area contributed by atoms with Gasteiger partial charge in [-0.15, -0.1) is 0 Å². The molecule has 128 valence electrons. The van der Waals surface area contributed by atoms with Crippen molar-refractivity contribution >= 4 is 15.7 Å². The predicted molar refractivity (Wildman–Crippen MR) is 89.8 cm³/mol. The monoisotopic (exact) mass is 339 g/mol. The van der Waals surface area contributed by atoms with Crippen molar-refractivity contribution in [3.63, 3.8) is 0 Å². The van der Waals surface area contributed by atoms with E-state index >= 15 is 0 Å². The lowest BCUT2D eigenvalue weighted by molar-refractivity contribution is -0.133. The minimum atomic E-state index is -2.96. The van der Waals surface area contributed by atoms with Crippen molar-refractivity contribution in [3.8, 4) is 0 Å². The summed E-state index contributed by atoms with van der Waals surface area (Å²) in [7, 11) is -2.96. The van der Waals surface area contributed by atoms with Crippen LogP contribution in [0.4, 0.5) is 0 Å². The summed E-state index contributed by atoms with van der Waals surface area (Å²) >= 11 is 0. The summed E-state index contributed by atoms with van der Waals surface area (Å²) in [5.41, 5.74) is 1.12. The second-order valence-electron chi connectivity index (χ2n) is 5.88. The van der Waals surface area contributed by atoms with Crippen molar-refractivity contribution in [2.24, 2.45) is 0 Å².